The molecule has 6 heteroatoms. The monoisotopic (exact) mass is 593 g/mol. The van der Waals surface area contributed by atoms with E-state index in [0.717, 1.165) is 60.7 Å². The Labute approximate surface area is 263 Å². The lowest BCUT2D eigenvalue weighted by Gasteiger charge is -2.15. The van der Waals surface area contributed by atoms with E-state index in [1.807, 2.05) is 4.68 Å². The van der Waals surface area contributed by atoms with E-state index in [9.17, 15) is 0 Å². The van der Waals surface area contributed by atoms with E-state index in [-0.39, 0.29) is 0 Å². The third-order valence-electron chi connectivity index (χ3n) is 7.72. The Morgan fingerprint density at radius 1 is 0.643 bits per heavy atom. The summed E-state index contributed by atoms with van der Waals surface area (Å²) in [4.78, 5) is 0. The van der Waals surface area contributed by atoms with Crippen molar-refractivity contribution >= 4 is 0 Å². The molecule has 2 rings (SSSR count). The first-order valence-corrected chi connectivity index (χ1v) is 17.9. The number of rotatable bonds is 19. The zero-order valence-corrected chi connectivity index (χ0v) is 30.5. The molecule has 1 fully saturated rings. The van der Waals surface area contributed by atoms with Crippen molar-refractivity contribution in [2.75, 3.05) is 13.1 Å². The molecule has 1 aromatic rings. The van der Waals surface area contributed by atoms with Gasteiger partial charge in [-0.15, -0.1) is 5.10 Å². The maximum absolute atomic E-state index is 4.20. The summed E-state index contributed by atoms with van der Waals surface area (Å²) in [5.41, 5.74) is 7.81. The van der Waals surface area contributed by atoms with Crippen LogP contribution in [0, 0.1) is 35.5 Å². The van der Waals surface area contributed by atoms with Crippen LogP contribution in [0.5, 0.6) is 0 Å². The highest BCUT2D eigenvalue weighted by Gasteiger charge is 2.20. The van der Waals surface area contributed by atoms with Gasteiger partial charge in [-0.3, -0.25) is 4.68 Å². The first-order valence-electron chi connectivity index (χ1n) is 17.9. The molecule has 6 nitrogen and oxygen atoms in total. The Morgan fingerprint density at radius 2 is 1.14 bits per heavy atom. The lowest BCUT2D eigenvalue weighted by atomic mass is 10.0. The molecule has 0 spiro atoms. The van der Waals surface area contributed by atoms with Gasteiger partial charge in [0.05, 0.1) is 5.69 Å². The molecule has 1 aromatic heterocycles. The van der Waals surface area contributed by atoms with Crippen molar-refractivity contribution in [1.82, 2.24) is 31.0 Å². The number of nitrogens with one attached hydrogen (secondary N) is 2. The molecule has 1 unspecified atom stereocenters. The summed E-state index contributed by atoms with van der Waals surface area (Å²) in [5, 5.41) is 10.7. The predicted molar refractivity (Wildman–Crippen MR) is 185 cm³/mol. The van der Waals surface area contributed by atoms with Crippen molar-refractivity contribution in [3.05, 3.63) is 11.9 Å². The Bertz CT molecular complexity index is 699. The van der Waals surface area contributed by atoms with E-state index in [1.54, 1.807) is 0 Å². The van der Waals surface area contributed by atoms with Crippen LogP contribution < -0.4 is 11.0 Å². The minimum Gasteiger partial charge on any atom is -0.252 e. The van der Waals surface area contributed by atoms with Crippen LogP contribution in [0.15, 0.2) is 6.20 Å². The number of unbranched alkanes of at least 4 members (excludes halogenated alkanes) is 1. The zero-order chi connectivity index (χ0) is 31.9. The van der Waals surface area contributed by atoms with Crippen molar-refractivity contribution < 1.29 is 0 Å². The number of hydrazine groups is 2. The lowest BCUT2D eigenvalue weighted by molar-refractivity contribution is 0.224. The topological polar surface area (TPSA) is 58.0 Å². The molecule has 0 saturated carbocycles. The van der Waals surface area contributed by atoms with Crippen LogP contribution in [-0.4, -0.2) is 39.1 Å². The van der Waals surface area contributed by atoms with Gasteiger partial charge in [0, 0.05) is 31.9 Å². The van der Waals surface area contributed by atoms with Crippen molar-refractivity contribution in [3.8, 4) is 0 Å². The van der Waals surface area contributed by atoms with Crippen LogP contribution in [0.3, 0.4) is 0 Å². The van der Waals surface area contributed by atoms with Gasteiger partial charge in [-0.05, 0) is 80.5 Å². The number of aryl methyl sites for hydroxylation is 2. The highest BCUT2D eigenvalue weighted by Crippen LogP contribution is 2.13. The molecular formula is C36H76N6. The average molecular weight is 593 g/mol. The van der Waals surface area contributed by atoms with Crippen molar-refractivity contribution in [2.24, 2.45) is 35.5 Å². The normalized spacial score (nSPS) is 15.7. The zero-order valence-electron chi connectivity index (χ0n) is 30.5. The van der Waals surface area contributed by atoms with E-state index in [2.05, 4.69) is 116 Å². The second kappa shape index (κ2) is 25.4. The summed E-state index contributed by atoms with van der Waals surface area (Å²) in [6.07, 6.45) is 17.7. The number of nitrogens with zero attached hydrogens (tertiary/aromatic N) is 4. The van der Waals surface area contributed by atoms with Crippen molar-refractivity contribution in [1.29, 1.82) is 0 Å². The molecule has 1 aliphatic heterocycles. The van der Waals surface area contributed by atoms with Crippen molar-refractivity contribution in [2.45, 2.75) is 173 Å². The summed E-state index contributed by atoms with van der Waals surface area (Å²) in [5.74, 6) is 4.95. The molecule has 1 aliphatic rings. The van der Waals surface area contributed by atoms with E-state index < -0.39 is 0 Å². The van der Waals surface area contributed by atoms with Crippen LogP contribution >= 0.6 is 0 Å². The van der Waals surface area contributed by atoms with Gasteiger partial charge in [0.1, 0.15) is 0 Å². The largest absolute Gasteiger partial charge is 0.252 e. The molecular weight excluding hydrogens is 516 g/mol. The SMILES string of the molecule is CC(C)CCCCC(C)C.CC(C)CCCN1CC(CCC(C)C)NN1.CC(C)CCCc1cn(CCC(C)C)nn1. The molecule has 0 aromatic carbocycles. The predicted octanol–water partition coefficient (Wildman–Crippen LogP) is 9.71. The molecule has 0 radical (unpaired) electrons. The number of hydrogen-bond acceptors (Lipinski definition) is 5. The molecule has 1 saturated heterocycles. The van der Waals surface area contributed by atoms with Crippen LogP contribution in [-0.2, 0) is 13.0 Å². The van der Waals surface area contributed by atoms with Gasteiger partial charge >= 0.3 is 0 Å². The van der Waals surface area contributed by atoms with E-state index >= 15 is 0 Å². The second-order valence-corrected chi connectivity index (χ2v) is 15.4. The molecule has 0 amide bonds. The fourth-order valence-electron chi connectivity index (χ4n) is 4.82. The van der Waals surface area contributed by atoms with E-state index in [0.29, 0.717) is 6.04 Å². The minimum atomic E-state index is 0.640. The molecule has 1 atom stereocenters. The van der Waals surface area contributed by atoms with Gasteiger partial charge in [-0.1, -0.05) is 120 Å². The van der Waals surface area contributed by atoms with E-state index in [1.165, 1.54) is 77.2 Å². The van der Waals surface area contributed by atoms with E-state index in [4.69, 9.17) is 0 Å². The Hall–Kier alpha value is -0.980. The molecule has 250 valence electrons. The Morgan fingerprint density at radius 3 is 1.67 bits per heavy atom. The third kappa shape index (κ3) is 26.6. The Kier molecular flexibility index (Phi) is 24.8. The first-order chi connectivity index (χ1) is 19.8. The molecule has 2 N–H and O–H groups in total. The second-order valence-electron chi connectivity index (χ2n) is 15.4. The van der Waals surface area contributed by atoms with Gasteiger partial charge in [0.25, 0.3) is 0 Å². The lowest BCUT2D eigenvalue weighted by Crippen LogP contribution is -2.37. The van der Waals surface area contributed by atoms with Gasteiger partial charge in [0.15, 0.2) is 0 Å². The Balaban J connectivity index is 0.000000620. The summed E-state index contributed by atoms with van der Waals surface area (Å²) in [6, 6.07) is 0.640. The quantitative estimate of drug-likeness (QED) is 0.157. The summed E-state index contributed by atoms with van der Waals surface area (Å²) >= 11 is 0. The molecule has 42 heavy (non-hydrogen) atoms. The molecule has 0 aliphatic carbocycles. The summed E-state index contributed by atoms with van der Waals surface area (Å²) in [7, 11) is 0. The van der Waals surface area contributed by atoms with Crippen LogP contribution in [0.4, 0.5) is 0 Å². The highest BCUT2D eigenvalue weighted by molar-refractivity contribution is 4.92. The maximum atomic E-state index is 4.20. The first kappa shape index (κ1) is 41.0. The number of hydrogen-bond donors (Lipinski definition) is 2. The summed E-state index contributed by atoms with van der Waals surface area (Å²) in [6.45, 7) is 30.7. The standard InChI is InChI=1S/C13H29N3.C13H25N3.C10H22/c1-11(2)6-5-9-16-10-13(14-15-16)8-7-12(3)4;1-11(2)6-5-7-13-10-16(15-14-13)9-8-12(3)4;1-9(2)7-5-6-8-10(3)4/h11-15H,5-10H2,1-4H3;10-12H,5-9H2,1-4H3;9-10H,5-8H2,1-4H3. The van der Waals surface area contributed by atoms with Gasteiger partial charge in [-0.25, -0.2) is 10.4 Å². The minimum absolute atomic E-state index is 0.640. The van der Waals surface area contributed by atoms with Crippen LogP contribution in [0.1, 0.15) is 159 Å². The van der Waals surface area contributed by atoms with Gasteiger partial charge in [0.2, 0.25) is 0 Å². The average Bonchev–Trinajstić information content (AvgIpc) is 3.54. The van der Waals surface area contributed by atoms with Crippen LogP contribution in [0.2, 0.25) is 0 Å². The fourth-order valence-corrected chi connectivity index (χ4v) is 4.82. The van der Waals surface area contributed by atoms with Crippen molar-refractivity contribution in [3.63, 3.8) is 0 Å². The molecule has 2 heterocycles. The summed E-state index contributed by atoms with van der Waals surface area (Å²) < 4.78 is 1.98. The highest BCUT2D eigenvalue weighted by atomic mass is 15.7. The van der Waals surface area contributed by atoms with Gasteiger partial charge in [-0.2, -0.15) is 5.53 Å². The molecule has 0 bridgehead atoms. The number of aromatic nitrogens is 3. The van der Waals surface area contributed by atoms with Crippen LogP contribution in [0.25, 0.3) is 0 Å². The smallest absolute Gasteiger partial charge is 0.0827 e. The fraction of sp³-hybridized carbons (Fsp3) is 0.944. The third-order valence-corrected chi connectivity index (χ3v) is 7.72. The maximum Gasteiger partial charge on any atom is 0.0827 e. The van der Waals surface area contributed by atoms with Gasteiger partial charge < -0.3 is 0 Å².